The van der Waals surface area contributed by atoms with Crippen LogP contribution in [0.1, 0.15) is 344 Å². The molecule has 0 atom stereocenters. The average Bonchev–Trinajstić information content (AvgIpc) is 0.793. The van der Waals surface area contributed by atoms with Crippen molar-refractivity contribution in [2.24, 2.45) is 0 Å². The lowest BCUT2D eigenvalue weighted by Crippen LogP contribution is -2.10. The van der Waals surface area contributed by atoms with Gasteiger partial charge in [-0.05, 0) is 273 Å². The summed E-state index contributed by atoms with van der Waals surface area (Å²) in [5, 5.41) is 0. The highest BCUT2D eigenvalue weighted by Crippen LogP contribution is 2.33. The van der Waals surface area contributed by atoms with E-state index in [9.17, 15) is 0 Å². The average molecular weight is 1580 g/mol. The summed E-state index contributed by atoms with van der Waals surface area (Å²) in [5.41, 5.74) is 25.6. The smallest absolute Gasteiger partial charge is 0.119 e. The third-order valence-electron chi connectivity index (χ3n) is 23.9. The summed E-state index contributed by atoms with van der Waals surface area (Å²) in [7, 11) is 0. The molecule has 4 heteroatoms. The Morgan fingerprint density at radius 1 is 0.186 bits per heavy atom. The molecule has 118 heavy (non-hydrogen) atoms. The first-order chi connectivity index (χ1) is 58.3. The predicted molar refractivity (Wildman–Crippen MR) is 514 cm³/mol. The second-order valence-electron chi connectivity index (χ2n) is 33.9. The normalized spacial score (nSPS) is 13.0. The number of unbranched alkanes of at least 4 members (excludes halogenated alkanes) is 28. The summed E-state index contributed by atoms with van der Waals surface area (Å²) in [6, 6.07) is 68.3. The molecule has 0 N–H and O–H groups in total. The fourth-order valence-corrected chi connectivity index (χ4v) is 16.8. The van der Waals surface area contributed by atoms with Gasteiger partial charge in [-0.25, -0.2) is 0 Å². The fourth-order valence-electron chi connectivity index (χ4n) is 16.8. The van der Waals surface area contributed by atoms with Crippen molar-refractivity contribution in [1.82, 2.24) is 0 Å². The molecule has 0 spiro atoms. The lowest BCUT2D eigenvalue weighted by Gasteiger charge is -2.21. The van der Waals surface area contributed by atoms with Gasteiger partial charge >= 0.3 is 0 Å². The van der Waals surface area contributed by atoms with Crippen molar-refractivity contribution >= 4 is 72.9 Å². The van der Waals surface area contributed by atoms with E-state index in [0.29, 0.717) is 0 Å². The Bertz CT molecular complexity index is 4130. The molecule has 17 rings (SSSR count). The van der Waals surface area contributed by atoms with Crippen LogP contribution in [0.4, 0.5) is 0 Å². The largest absolute Gasteiger partial charge is 0.494 e. The molecule has 0 aromatic heterocycles. The van der Waals surface area contributed by atoms with Crippen molar-refractivity contribution < 1.29 is 18.9 Å². The third kappa shape index (κ3) is 32.7. The Hall–Kier alpha value is -9.38. The summed E-state index contributed by atoms with van der Waals surface area (Å²) < 4.78 is 25.5. The zero-order valence-electron chi connectivity index (χ0n) is 73.0. The lowest BCUT2D eigenvalue weighted by atomic mass is 9.84. The molecule has 622 valence electrons. The number of ether oxygens (including phenoxy) is 4. The minimum atomic E-state index is 0.749. The molecule has 0 fully saturated rings. The number of hydrogen-bond donors (Lipinski definition) is 0. The number of rotatable bonds is 52. The van der Waals surface area contributed by atoms with Crippen LogP contribution in [-0.2, 0) is 51.4 Å². The molecule has 0 saturated carbocycles. The van der Waals surface area contributed by atoms with E-state index in [2.05, 4.69) is 283 Å². The van der Waals surface area contributed by atoms with E-state index in [1.807, 2.05) is 0 Å². The molecular weight excluding hydrogens is 1430 g/mol. The maximum atomic E-state index is 6.37. The monoisotopic (exact) mass is 1580 g/mol. The first kappa shape index (κ1) is 89.4. The summed E-state index contributed by atoms with van der Waals surface area (Å²) >= 11 is 0. The van der Waals surface area contributed by atoms with Crippen molar-refractivity contribution in [2.75, 3.05) is 26.4 Å². The molecule has 0 heterocycles. The Morgan fingerprint density at radius 2 is 0.398 bits per heavy atom. The van der Waals surface area contributed by atoms with Crippen LogP contribution >= 0.6 is 0 Å². The van der Waals surface area contributed by atoms with Gasteiger partial charge in [-0.3, -0.25) is 0 Å². The summed E-state index contributed by atoms with van der Waals surface area (Å²) in [5.74, 6) is 3.72. The molecule has 0 saturated heterocycles. The fraction of sp³-hybridized carbons (Fsp3) is 0.421. The molecule has 0 aliphatic heterocycles. The van der Waals surface area contributed by atoms with E-state index in [1.165, 1.54) is 235 Å². The Balaban J connectivity index is 0.900. The van der Waals surface area contributed by atoms with Gasteiger partial charge < -0.3 is 18.9 Å². The predicted octanol–water partition coefficient (Wildman–Crippen LogP) is 32.6. The second-order valence-corrected chi connectivity index (χ2v) is 33.9. The van der Waals surface area contributed by atoms with Gasteiger partial charge in [-0.1, -0.05) is 377 Å². The van der Waals surface area contributed by atoms with Crippen LogP contribution in [0.2, 0.25) is 0 Å². The van der Waals surface area contributed by atoms with Gasteiger partial charge in [0.05, 0.1) is 26.4 Å². The van der Waals surface area contributed by atoms with Gasteiger partial charge in [0.2, 0.25) is 0 Å². The minimum Gasteiger partial charge on any atom is -0.494 e. The minimum absolute atomic E-state index is 0.749. The van der Waals surface area contributed by atoms with Crippen molar-refractivity contribution in [2.45, 2.75) is 285 Å². The number of hydrogen-bond acceptors (Lipinski definition) is 4. The molecule has 8 bridgehead atoms. The summed E-state index contributed by atoms with van der Waals surface area (Å²) in [4.78, 5) is 0. The SMILES string of the molecule is CCCCCCCCCCOc1cccc(/C=C/c2cc(/C=C/c3cccc(OCCCCCCCCCC)c3)cc(/C=C/c3cc4c(/C=C/c5cc(/C=C/c6cccc(OCCCCCCCCCC)c6)cc(/C=C/c6cccc(OCCCCCCCCCC)c6)c5)cc3CCc3cc5c(cc3CCc3ccc(cc3)CC5)CC4)c2)c1. The second kappa shape index (κ2) is 52.5. The topological polar surface area (TPSA) is 36.9 Å². The van der Waals surface area contributed by atoms with Crippen molar-refractivity contribution in [3.63, 3.8) is 0 Å². The molecule has 9 aromatic carbocycles. The van der Waals surface area contributed by atoms with Crippen molar-refractivity contribution in [3.8, 4) is 23.0 Å². The molecule has 8 aliphatic carbocycles. The molecule has 0 unspecified atom stereocenters. The Kier molecular flexibility index (Phi) is 39.8. The first-order valence-corrected chi connectivity index (χ1v) is 47.0. The van der Waals surface area contributed by atoms with Crippen LogP contribution in [0.25, 0.3) is 72.9 Å². The highest BCUT2D eigenvalue weighted by Gasteiger charge is 2.18. The molecule has 0 radical (unpaired) electrons. The Morgan fingerprint density at radius 3 is 0.653 bits per heavy atom. The van der Waals surface area contributed by atoms with Crippen LogP contribution in [0.15, 0.2) is 182 Å². The van der Waals surface area contributed by atoms with Gasteiger partial charge in [0.1, 0.15) is 23.0 Å². The van der Waals surface area contributed by atoms with Crippen LogP contribution in [0.3, 0.4) is 0 Å². The molecule has 4 nitrogen and oxygen atoms in total. The standard InChI is InChI=1S/C114H142O4/c1-5-9-13-17-21-25-29-33-73-115-111-45-37-41-93(83-111)53-57-97-77-98(58-54-94-42-38-46-112(84-94)116-74-34-30-26-22-18-14-10-6-2)80-101(79-97)63-67-105-89-110-72-70-108-88-103-65-61-91-49-51-92(52-50-91)62-66-104(108)87-107(103)69-71-109(105)90-106(110)68-64-102-81-99(59-55-95-43-39-47-113(85-95)117-75-35-31-27-23-19-15-11-7-3)78-100(82-102)60-56-96-44-40-48-114(86-96)118-76-36-32-28-24-20-16-12-8-4/h37-60,63-64,67-68,77-90H,5-36,61-62,65-66,69-76H2,1-4H3/b57-53+,58-54+,59-55+,60-56+,67-63+,68-64+. The highest BCUT2D eigenvalue weighted by atomic mass is 16.5. The molecule has 9 aromatic rings. The summed E-state index contributed by atoms with van der Waals surface area (Å²) in [6.07, 6.45) is 76.7. The van der Waals surface area contributed by atoms with Gasteiger partial charge in [-0.2, -0.15) is 0 Å². The third-order valence-corrected chi connectivity index (χ3v) is 23.9. The van der Waals surface area contributed by atoms with E-state index in [0.717, 1.165) is 182 Å². The van der Waals surface area contributed by atoms with E-state index in [1.54, 1.807) is 0 Å². The molecular formula is C114H142O4. The van der Waals surface area contributed by atoms with Gasteiger partial charge in [-0.15, -0.1) is 0 Å². The van der Waals surface area contributed by atoms with Gasteiger partial charge in [0.25, 0.3) is 0 Å². The highest BCUT2D eigenvalue weighted by molar-refractivity contribution is 5.83. The molecule has 0 amide bonds. The van der Waals surface area contributed by atoms with Crippen LogP contribution < -0.4 is 18.9 Å². The maximum absolute atomic E-state index is 6.37. The van der Waals surface area contributed by atoms with Crippen LogP contribution in [0.5, 0.6) is 23.0 Å². The first-order valence-electron chi connectivity index (χ1n) is 47.0. The maximum Gasteiger partial charge on any atom is 0.119 e. The van der Waals surface area contributed by atoms with E-state index >= 15 is 0 Å². The van der Waals surface area contributed by atoms with E-state index < -0.39 is 0 Å². The van der Waals surface area contributed by atoms with Gasteiger partial charge in [0.15, 0.2) is 0 Å². The lowest BCUT2D eigenvalue weighted by molar-refractivity contribution is 0.304. The van der Waals surface area contributed by atoms with Crippen LogP contribution in [-0.4, -0.2) is 26.4 Å². The Labute approximate surface area is 714 Å². The number of benzene rings is 9. The van der Waals surface area contributed by atoms with Gasteiger partial charge in [0, 0.05) is 0 Å². The van der Waals surface area contributed by atoms with Crippen LogP contribution in [0, 0.1) is 0 Å². The van der Waals surface area contributed by atoms with E-state index in [4.69, 9.17) is 18.9 Å². The zero-order valence-corrected chi connectivity index (χ0v) is 73.0. The van der Waals surface area contributed by atoms with Crippen molar-refractivity contribution in [3.05, 3.63) is 293 Å². The zero-order chi connectivity index (χ0) is 81.5. The number of aryl methyl sites for hydroxylation is 8. The quantitative estimate of drug-likeness (QED) is 0.0281. The summed E-state index contributed by atoms with van der Waals surface area (Å²) in [6.45, 7) is 12.2. The van der Waals surface area contributed by atoms with E-state index in [-0.39, 0.29) is 0 Å². The van der Waals surface area contributed by atoms with Crippen molar-refractivity contribution in [1.29, 1.82) is 0 Å². The molecule has 8 aliphatic rings.